The van der Waals surface area contributed by atoms with E-state index in [9.17, 15) is 0 Å². The highest BCUT2D eigenvalue weighted by Gasteiger charge is 2.36. The zero-order valence-corrected chi connectivity index (χ0v) is 14.4. The highest BCUT2D eigenvalue weighted by atomic mass is 32.1. The summed E-state index contributed by atoms with van der Waals surface area (Å²) < 4.78 is 5.70. The number of aromatic nitrogens is 1. The molecule has 0 bridgehead atoms. The molecule has 0 spiro atoms. The van der Waals surface area contributed by atoms with Crippen molar-refractivity contribution in [1.82, 2.24) is 4.98 Å². The first-order chi connectivity index (χ1) is 9.82. The maximum absolute atomic E-state index is 6.37. The molecule has 5 heteroatoms. The third kappa shape index (κ3) is 2.96. The van der Waals surface area contributed by atoms with Crippen molar-refractivity contribution in [3.05, 3.63) is 10.6 Å². The largest absolute Gasteiger partial charge is 0.377 e. The molecule has 2 N–H and O–H groups in total. The number of hydrogen-bond donors (Lipinski definition) is 1. The highest BCUT2D eigenvalue weighted by molar-refractivity contribution is 7.15. The Bertz CT molecular complexity index is 528. The Morgan fingerprint density at radius 3 is 2.86 bits per heavy atom. The van der Waals surface area contributed by atoms with Crippen molar-refractivity contribution in [3.63, 3.8) is 0 Å². The second-order valence-corrected chi connectivity index (χ2v) is 8.65. The number of nitrogens with zero attached hydrogens (tertiary/aromatic N) is 2. The first kappa shape index (κ1) is 15.3. The third-order valence-corrected chi connectivity index (χ3v) is 6.18. The van der Waals surface area contributed by atoms with E-state index in [1.54, 1.807) is 11.3 Å². The van der Waals surface area contributed by atoms with Crippen molar-refractivity contribution in [3.8, 4) is 0 Å². The summed E-state index contributed by atoms with van der Waals surface area (Å²) in [5.41, 5.74) is 7.81. The summed E-state index contributed by atoms with van der Waals surface area (Å²) in [7, 11) is 1.81. The predicted molar refractivity (Wildman–Crippen MR) is 88.0 cm³/mol. The Morgan fingerprint density at radius 1 is 1.38 bits per heavy atom. The van der Waals surface area contributed by atoms with Gasteiger partial charge in [-0.1, -0.05) is 25.2 Å². The maximum atomic E-state index is 6.37. The monoisotopic (exact) mass is 309 g/mol. The van der Waals surface area contributed by atoms with Gasteiger partial charge in [0, 0.05) is 31.1 Å². The average Bonchev–Trinajstić information content (AvgIpc) is 2.81. The van der Waals surface area contributed by atoms with Gasteiger partial charge in [-0.25, -0.2) is 4.98 Å². The normalized spacial score (nSPS) is 32.0. The molecule has 0 saturated carbocycles. The van der Waals surface area contributed by atoms with Gasteiger partial charge in [0.05, 0.1) is 11.3 Å². The lowest BCUT2D eigenvalue weighted by atomic mass is 9.77. The minimum Gasteiger partial charge on any atom is -0.377 e. The van der Waals surface area contributed by atoms with E-state index in [4.69, 9.17) is 15.5 Å². The molecule has 1 aromatic rings. The first-order valence-corrected chi connectivity index (χ1v) is 8.69. The molecule has 2 heterocycles. The van der Waals surface area contributed by atoms with Crippen molar-refractivity contribution < 1.29 is 4.74 Å². The van der Waals surface area contributed by atoms with Gasteiger partial charge in [0.2, 0.25) is 0 Å². The summed E-state index contributed by atoms with van der Waals surface area (Å²) in [6.07, 6.45) is 4.38. The van der Waals surface area contributed by atoms with E-state index < -0.39 is 0 Å². The van der Waals surface area contributed by atoms with Crippen LogP contribution in [-0.2, 0) is 11.2 Å². The molecule has 1 fully saturated rings. The Hall–Kier alpha value is -0.650. The number of rotatable bonds is 2. The first-order valence-electron chi connectivity index (χ1n) is 7.87. The van der Waals surface area contributed by atoms with E-state index in [1.807, 2.05) is 7.11 Å². The summed E-state index contributed by atoms with van der Waals surface area (Å²) in [6.45, 7) is 8.77. The van der Waals surface area contributed by atoms with Crippen LogP contribution in [0.4, 0.5) is 5.13 Å². The van der Waals surface area contributed by atoms with Gasteiger partial charge >= 0.3 is 0 Å². The second kappa shape index (κ2) is 5.21. The van der Waals surface area contributed by atoms with Gasteiger partial charge < -0.3 is 15.4 Å². The Labute approximate surface area is 131 Å². The lowest BCUT2D eigenvalue weighted by Gasteiger charge is -2.39. The molecule has 0 aromatic carbocycles. The molecule has 4 nitrogen and oxygen atoms in total. The topological polar surface area (TPSA) is 51.4 Å². The molecule has 1 aliphatic heterocycles. The molecule has 1 saturated heterocycles. The van der Waals surface area contributed by atoms with Gasteiger partial charge in [0.25, 0.3) is 0 Å². The van der Waals surface area contributed by atoms with E-state index in [-0.39, 0.29) is 17.1 Å². The average molecular weight is 309 g/mol. The van der Waals surface area contributed by atoms with Crippen molar-refractivity contribution in [2.75, 3.05) is 25.1 Å². The quantitative estimate of drug-likeness (QED) is 0.912. The van der Waals surface area contributed by atoms with E-state index in [0.29, 0.717) is 0 Å². The van der Waals surface area contributed by atoms with Gasteiger partial charge in [-0.05, 0) is 38.0 Å². The summed E-state index contributed by atoms with van der Waals surface area (Å²) in [4.78, 5) is 8.61. The van der Waals surface area contributed by atoms with Crippen LogP contribution >= 0.6 is 11.3 Å². The maximum Gasteiger partial charge on any atom is 0.185 e. The van der Waals surface area contributed by atoms with Crippen LogP contribution in [0.25, 0.3) is 0 Å². The standard InChI is InChI=1S/C16H27N3OS/c1-15(2)8-11(17)13-12(9-15)18-14(21-13)19-7-5-6-16(3,10-19)20-4/h11H,5-10,17H2,1-4H3. The van der Waals surface area contributed by atoms with Crippen molar-refractivity contribution >= 4 is 16.5 Å². The summed E-state index contributed by atoms with van der Waals surface area (Å²) >= 11 is 1.80. The molecule has 0 radical (unpaired) electrons. The molecule has 118 valence electrons. The molecule has 0 amide bonds. The minimum absolute atomic E-state index is 0.0498. The molecular formula is C16H27N3OS. The van der Waals surface area contributed by atoms with E-state index in [1.165, 1.54) is 10.6 Å². The Kier molecular flexibility index (Phi) is 3.79. The SMILES string of the molecule is COC1(C)CCCN(c2nc3c(s2)C(N)CC(C)(C)C3)C1. The van der Waals surface area contributed by atoms with Crippen LogP contribution in [0.5, 0.6) is 0 Å². The van der Waals surface area contributed by atoms with E-state index >= 15 is 0 Å². The fraction of sp³-hybridized carbons (Fsp3) is 0.812. The predicted octanol–water partition coefficient (Wildman–Crippen LogP) is 3.12. The second-order valence-electron chi connectivity index (χ2n) is 7.64. The van der Waals surface area contributed by atoms with Gasteiger partial charge in [-0.3, -0.25) is 0 Å². The number of methoxy groups -OCH3 is 1. The Morgan fingerprint density at radius 2 is 2.14 bits per heavy atom. The molecule has 2 unspecified atom stereocenters. The zero-order chi connectivity index (χ0) is 15.3. The van der Waals surface area contributed by atoms with Crippen LogP contribution in [0.3, 0.4) is 0 Å². The molecule has 3 rings (SSSR count). The zero-order valence-electron chi connectivity index (χ0n) is 13.6. The molecule has 1 aliphatic carbocycles. The Balaban J connectivity index is 1.85. The lowest BCUT2D eigenvalue weighted by molar-refractivity contribution is -0.00466. The van der Waals surface area contributed by atoms with Crippen LogP contribution < -0.4 is 10.6 Å². The van der Waals surface area contributed by atoms with E-state index in [0.717, 1.165) is 43.9 Å². The lowest BCUT2D eigenvalue weighted by Crippen LogP contribution is -2.47. The van der Waals surface area contributed by atoms with Gasteiger partial charge in [-0.15, -0.1) is 0 Å². The van der Waals surface area contributed by atoms with E-state index in [2.05, 4.69) is 25.7 Å². The van der Waals surface area contributed by atoms with Gasteiger partial charge in [-0.2, -0.15) is 0 Å². The molecule has 2 aliphatic rings. The number of thiazole rings is 1. The van der Waals surface area contributed by atoms with Crippen LogP contribution in [0, 0.1) is 5.41 Å². The van der Waals surface area contributed by atoms with Crippen LogP contribution in [0.15, 0.2) is 0 Å². The summed E-state index contributed by atoms with van der Waals surface area (Å²) in [5, 5.41) is 1.14. The van der Waals surface area contributed by atoms with Crippen molar-refractivity contribution in [2.45, 2.75) is 58.1 Å². The van der Waals surface area contributed by atoms with Crippen LogP contribution in [0.1, 0.15) is 56.6 Å². The number of fused-ring (bicyclic) bond motifs is 1. The third-order valence-electron chi connectivity index (χ3n) is 4.89. The minimum atomic E-state index is -0.0498. The number of anilines is 1. The fourth-order valence-corrected chi connectivity index (χ4v) is 4.76. The number of nitrogens with two attached hydrogens (primary N) is 1. The molecule has 2 atom stereocenters. The van der Waals surface area contributed by atoms with Crippen LogP contribution in [-0.4, -0.2) is 30.8 Å². The smallest absolute Gasteiger partial charge is 0.185 e. The number of piperidine rings is 1. The summed E-state index contributed by atoms with van der Waals surface area (Å²) in [5.74, 6) is 0. The fourth-order valence-electron chi connectivity index (χ4n) is 3.65. The van der Waals surface area contributed by atoms with Gasteiger partial charge in [0.15, 0.2) is 5.13 Å². The molecular weight excluding hydrogens is 282 g/mol. The molecule has 1 aromatic heterocycles. The molecule has 21 heavy (non-hydrogen) atoms. The number of ether oxygens (including phenoxy) is 1. The van der Waals surface area contributed by atoms with Gasteiger partial charge in [0.1, 0.15) is 0 Å². The summed E-state index contributed by atoms with van der Waals surface area (Å²) in [6, 6.07) is 0.147. The van der Waals surface area contributed by atoms with Crippen molar-refractivity contribution in [1.29, 1.82) is 0 Å². The van der Waals surface area contributed by atoms with Crippen LogP contribution in [0.2, 0.25) is 0 Å². The highest BCUT2D eigenvalue weighted by Crippen LogP contribution is 2.44. The van der Waals surface area contributed by atoms with Crippen molar-refractivity contribution in [2.24, 2.45) is 11.1 Å². The number of hydrogen-bond acceptors (Lipinski definition) is 5.